The maximum atomic E-state index is 11.9. The van der Waals surface area contributed by atoms with Crippen molar-refractivity contribution in [2.75, 3.05) is 27.2 Å². The van der Waals surface area contributed by atoms with E-state index in [2.05, 4.69) is 10.2 Å². The summed E-state index contributed by atoms with van der Waals surface area (Å²) in [5.74, 6) is -0.401. The van der Waals surface area contributed by atoms with Gasteiger partial charge in [-0.3, -0.25) is 14.9 Å². The second-order valence-corrected chi connectivity index (χ2v) is 5.60. The van der Waals surface area contributed by atoms with E-state index in [1.807, 2.05) is 14.1 Å². The van der Waals surface area contributed by atoms with Crippen LogP contribution in [0.1, 0.15) is 23.2 Å². The number of benzene rings is 1. The first kappa shape index (κ1) is 17.7. The summed E-state index contributed by atoms with van der Waals surface area (Å²) in [4.78, 5) is 24.2. The lowest BCUT2D eigenvalue weighted by Crippen LogP contribution is -2.25. The van der Waals surface area contributed by atoms with Crippen LogP contribution in [0, 0.1) is 10.1 Å². The van der Waals surface area contributed by atoms with Crippen LogP contribution in [-0.4, -0.2) is 42.9 Å². The first-order valence-electron chi connectivity index (χ1n) is 6.39. The van der Waals surface area contributed by atoms with Crippen molar-refractivity contribution >= 4 is 34.8 Å². The minimum absolute atomic E-state index is 0.0105. The molecule has 1 amide bonds. The van der Waals surface area contributed by atoms with Gasteiger partial charge in [0.2, 0.25) is 0 Å². The first-order chi connectivity index (χ1) is 9.82. The van der Waals surface area contributed by atoms with Crippen LogP contribution < -0.4 is 5.32 Å². The van der Waals surface area contributed by atoms with Crippen molar-refractivity contribution in [2.45, 2.75) is 12.8 Å². The van der Waals surface area contributed by atoms with Gasteiger partial charge in [0.05, 0.1) is 9.95 Å². The molecule has 0 saturated heterocycles. The maximum Gasteiger partial charge on any atom is 0.290 e. The monoisotopic (exact) mass is 333 g/mol. The molecule has 0 spiro atoms. The normalized spacial score (nSPS) is 10.7. The van der Waals surface area contributed by atoms with E-state index in [9.17, 15) is 14.9 Å². The topological polar surface area (TPSA) is 75.5 Å². The van der Waals surface area contributed by atoms with Crippen molar-refractivity contribution in [3.05, 3.63) is 37.9 Å². The minimum Gasteiger partial charge on any atom is -0.352 e. The van der Waals surface area contributed by atoms with Crippen LogP contribution in [0.25, 0.3) is 0 Å². The number of nitro groups is 1. The van der Waals surface area contributed by atoms with Crippen molar-refractivity contribution in [2.24, 2.45) is 0 Å². The van der Waals surface area contributed by atoms with Crippen LogP contribution in [0.4, 0.5) is 5.69 Å². The Morgan fingerprint density at radius 3 is 2.57 bits per heavy atom. The van der Waals surface area contributed by atoms with Crippen molar-refractivity contribution < 1.29 is 9.72 Å². The van der Waals surface area contributed by atoms with Crippen molar-refractivity contribution in [3.63, 3.8) is 0 Å². The lowest BCUT2D eigenvalue weighted by molar-refractivity contribution is -0.384. The number of nitrogens with one attached hydrogen (secondary N) is 1. The highest BCUT2D eigenvalue weighted by Crippen LogP contribution is 2.32. The molecule has 1 aromatic rings. The lowest BCUT2D eigenvalue weighted by atomic mass is 10.2. The third-order valence-electron chi connectivity index (χ3n) is 2.79. The number of hydrogen-bond acceptors (Lipinski definition) is 4. The van der Waals surface area contributed by atoms with E-state index in [1.165, 1.54) is 6.07 Å². The Bertz CT molecular complexity index is 536. The van der Waals surface area contributed by atoms with Gasteiger partial charge in [0.15, 0.2) is 0 Å². The number of amides is 1. The smallest absolute Gasteiger partial charge is 0.290 e. The summed E-state index contributed by atoms with van der Waals surface area (Å²) < 4.78 is 0. The fraction of sp³-hybridized carbons (Fsp3) is 0.462. The van der Waals surface area contributed by atoms with E-state index in [0.29, 0.717) is 6.54 Å². The average molecular weight is 334 g/mol. The molecular weight excluding hydrogens is 317 g/mol. The average Bonchev–Trinajstić information content (AvgIpc) is 2.40. The predicted molar refractivity (Wildman–Crippen MR) is 83.2 cm³/mol. The second kappa shape index (κ2) is 8.17. The van der Waals surface area contributed by atoms with Gasteiger partial charge < -0.3 is 10.2 Å². The van der Waals surface area contributed by atoms with Crippen LogP contribution in [-0.2, 0) is 0 Å². The maximum absolute atomic E-state index is 11.9. The molecule has 0 aliphatic rings. The van der Waals surface area contributed by atoms with Crippen LogP contribution in [0.5, 0.6) is 0 Å². The molecule has 21 heavy (non-hydrogen) atoms. The van der Waals surface area contributed by atoms with Crippen molar-refractivity contribution in [1.82, 2.24) is 10.2 Å². The Hall–Kier alpha value is -1.37. The summed E-state index contributed by atoms with van der Waals surface area (Å²) in [5.41, 5.74) is -0.245. The number of carbonyl (C=O) groups excluding carboxylic acids is 1. The molecule has 0 bridgehead atoms. The highest BCUT2D eigenvalue weighted by atomic mass is 35.5. The standard InChI is InChI=1S/C13H17Cl2N3O3/c1-17(2)6-4-3-5-16-13(19)9-7-10(14)12(15)11(8-9)18(20)21/h7-8H,3-6H2,1-2H3,(H,16,19). The van der Waals surface area contributed by atoms with E-state index < -0.39 is 10.8 Å². The van der Waals surface area contributed by atoms with E-state index in [1.54, 1.807) is 0 Å². The third-order valence-corrected chi connectivity index (χ3v) is 3.58. The zero-order valence-corrected chi connectivity index (χ0v) is 13.4. The highest BCUT2D eigenvalue weighted by Gasteiger charge is 2.19. The molecule has 0 aliphatic heterocycles. The molecule has 116 valence electrons. The van der Waals surface area contributed by atoms with Gasteiger partial charge in [0, 0.05) is 18.2 Å². The zero-order chi connectivity index (χ0) is 16.0. The van der Waals surface area contributed by atoms with Gasteiger partial charge in [-0.05, 0) is 39.5 Å². The number of unbranched alkanes of at least 4 members (excludes halogenated alkanes) is 1. The van der Waals surface area contributed by atoms with Crippen LogP contribution in [0.15, 0.2) is 12.1 Å². The molecule has 0 atom stereocenters. The van der Waals surface area contributed by atoms with Gasteiger partial charge >= 0.3 is 0 Å². The van der Waals surface area contributed by atoms with Gasteiger partial charge in [-0.2, -0.15) is 0 Å². The zero-order valence-electron chi connectivity index (χ0n) is 11.9. The lowest BCUT2D eigenvalue weighted by Gasteiger charge is -2.09. The minimum atomic E-state index is -0.665. The summed E-state index contributed by atoms with van der Waals surface area (Å²) in [6, 6.07) is 2.45. The van der Waals surface area contributed by atoms with Crippen molar-refractivity contribution in [3.8, 4) is 0 Å². The van der Waals surface area contributed by atoms with Crippen LogP contribution >= 0.6 is 23.2 Å². The Kier molecular flexibility index (Phi) is 6.87. The molecule has 0 unspecified atom stereocenters. The Balaban J connectivity index is 2.64. The van der Waals surface area contributed by atoms with Gasteiger partial charge in [-0.25, -0.2) is 0 Å². The van der Waals surface area contributed by atoms with E-state index in [4.69, 9.17) is 23.2 Å². The van der Waals surface area contributed by atoms with Gasteiger partial charge in [0.1, 0.15) is 5.02 Å². The molecule has 0 aliphatic carbocycles. The third kappa shape index (κ3) is 5.49. The number of rotatable bonds is 7. The second-order valence-electron chi connectivity index (χ2n) is 4.81. The van der Waals surface area contributed by atoms with Gasteiger partial charge in [-0.1, -0.05) is 23.2 Å². The number of hydrogen-bond donors (Lipinski definition) is 1. The fourth-order valence-corrected chi connectivity index (χ4v) is 2.09. The molecule has 0 aromatic heterocycles. The van der Waals surface area contributed by atoms with Crippen molar-refractivity contribution in [1.29, 1.82) is 0 Å². The number of halogens is 2. The fourth-order valence-electron chi connectivity index (χ4n) is 1.70. The molecule has 0 fully saturated rings. The first-order valence-corrected chi connectivity index (χ1v) is 7.15. The summed E-state index contributed by atoms with van der Waals surface area (Å²) in [7, 11) is 3.96. The summed E-state index contributed by atoms with van der Waals surface area (Å²) in [6.07, 6.45) is 1.78. The summed E-state index contributed by atoms with van der Waals surface area (Å²) in [6.45, 7) is 1.44. The molecule has 8 heteroatoms. The van der Waals surface area contributed by atoms with E-state index in [0.717, 1.165) is 25.5 Å². The van der Waals surface area contributed by atoms with Crippen LogP contribution in [0.2, 0.25) is 10.0 Å². The van der Waals surface area contributed by atoms with Gasteiger partial charge in [0.25, 0.3) is 11.6 Å². The summed E-state index contributed by atoms with van der Waals surface area (Å²) in [5, 5.41) is 13.4. The number of carbonyl (C=O) groups is 1. The predicted octanol–water partition coefficient (Wildman–Crippen LogP) is 2.97. The van der Waals surface area contributed by atoms with E-state index >= 15 is 0 Å². The molecule has 0 saturated carbocycles. The Morgan fingerprint density at radius 1 is 1.33 bits per heavy atom. The largest absolute Gasteiger partial charge is 0.352 e. The molecule has 1 rings (SSSR count). The molecule has 1 N–H and O–H groups in total. The van der Waals surface area contributed by atoms with E-state index in [-0.39, 0.29) is 21.3 Å². The quantitative estimate of drug-likeness (QED) is 0.472. The molecule has 0 heterocycles. The Morgan fingerprint density at radius 2 is 2.00 bits per heavy atom. The van der Waals surface area contributed by atoms with Gasteiger partial charge in [-0.15, -0.1) is 0 Å². The number of nitrogens with zero attached hydrogens (tertiary/aromatic N) is 2. The SMILES string of the molecule is CN(C)CCCCNC(=O)c1cc(Cl)c(Cl)c([N+](=O)[O-])c1. The summed E-state index contributed by atoms with van der Waals surface area (Å²) >= 11 is 11.5. The molecular formula is C13H17Cl2N3O3. The van der Waals surface area contributed by atoms with Crippen LogP contribution in [0.3, 0.4) is 0 Å². The highest BCUT2D eigenvalue weighted by molar-refractivity contribution is 6.43. The number of nitro benzene ring substituents is 1. The Labute approximate surface area is 133 Å². The molecule has 1 aromatic carbocycles. The molecule has 6 nitrogen and oxygen atoms in total. The molecule has 0 radical (unpaired) electrons.